The van der Waals surface area contributed by atoms with Crippen LogP contribution in [0.4, 0.5) is 0 Å². The van der Waals surface area contributed by atoms with Gasteiger partial charge in [0, 0.05) is 42.1 Å². The first-order valence-corrected chi connectivity index (χ1v) is 11.5. The summed E-state index contributed by atoms with van der Waals surface area (Å²) in [4.78, 5) is 8.73. The summed E-state index contributed by atoms with van der Waals surface area (Å²) in [7, 11) is 3.30. The molecule has 154 valence electrons. The smallest absolute Gasteiger partial charge is 0.161 e. The zero-order chi connectivity index (χ0) is 20.1. The summed E-state index contributed by atoms with van der Waals surface area (Å²) < 4.78 is 16.7. The van der Waals surface area contributed by atoms with E-state index in [0.29, 0.717) is 6.10 Å². The summed E-state index contributed by atoms with van der Waals surface area (Å²) in [5.41, 5.74) is 2.14. The highest BCUT2D eigenvalue weighted by molar-refractivity contribution is 7.13. The molecule has 3 heterocycles. The Labute approximate surface area is 179 Å². The number of thiophene rings is 1. The number of benzene rings is 1. The topological polar surface area (TPSA) is 43.8 Å². The van der Waals surface area contributed by atoms with Crippen LogP contribution in [-0.4, -0.2) is 43.4 Å². The zero-order valence-corrected chi connectivity index (χ0v) is 18.4. The maximum atomic E-state index is 5.88. The average molecular weight is 431 g/mol. The monoisotopic (exact) mass is 430 g/mol. The van der Waals surface area contributed by atoms with Crippen LogP contribution in [0.2, 0.25) is 0 Å². The minimum atomic E-state index is 0.332. The molecule has 1 aromatic carbocycles. The van der Waals surface area contributed by atoms with Crippen molar-refractivity contribution in [2.24, 2.45) is 0 Å². The molecular formula is C22H26N2O3S2. The molecule has 0 unspecified atom stereocenters. The molecule has 1 fully saturated rings. The van der Waals surface area contributed by atoms with Crippen molar-refractivity contribution in [3.8, 4) is 22.1 Å². The zero-order valence-electron chi connectivity index (χ0n) is 16.8. The Hall–Kier alpha value is -1.93. The predicted molar refractivity (Wildman–Crippen MR) is 118 cm³/mol. The van der Waals surface area contributed by atoms with Crippen molar-refractivity contribution in [3.05, 3.63) is 51.7 Å². The lowest BCUT2D eigenvalue weighted by Gasteiger charge is -2.24. The maximum Gasteiger partial charge on any atom is 0.161 e. The van der Waals surface area contributed by atoms with Crippen molar-refractivity contribution >= 4 is 22.7 Å². The summed E-state index contributed by atoms with van der Waals surface area (Å²) >= 11 is 3.47. The van der Waals surface area contributed by atoms with Crippen LogP contribution in [0.5, 0.6) is 11.5 Å². The summed E-state index contributed by atoms with van der Waals surface area (Å²) in [6.45, 7) is 3.58. The van der Waals surface area contributed by atoms with E-state index in [0.717, 1.165) is 66.8 Å². The quantitative estimate of drug-likeness (QED) is 0.474. The van der Waals surface area contributed by atoms with Crippen LogP contribution in [0, 0.1) is 0 Å². The van der Waals surface area contributed by atoms with E-state index in [9.17, 15) is 0 Å². The van der Waals surface area contributed by atoms with Gasteiger partial charge in [0.2, 0.25) is 0 Å². The molecule has 0 amide bonds. The molecule has 4 rings (SSSR count). The van der Waals surface area contributed by atoms with Crippen LogP contribution in [0.25, 0.3) is 10.6 Å². The number of rotatable bonds is 9. The standard InChI is InChI=1S/C22H26N2O3S2/c1-25-20-8-7-16(11-21(20)26-2)22-23-17(15-29-22)12-24(13-18-5-3-9-27-18)14-19-6-4-10-28-19/h4,6-8,10-11,15,18H,3,5,9,12-14H2,1-2H3/t18-/m1/s1. The molecule has 0 aliphatic carbocycles. The Bertz CT molecular complexity index is 905. The van der Waals surface area contributed by atoms with Gasteiger partial charge in [-0.1, -0.05) is 6.07 Å². The molecule has 29 heavy (non-hydrogen) atoms. The SMILES string of the molecule is COc1ccc(-c2nc(CN(Cc3cccs3)C[C@H]3CCCO3)cs2)cc1OC. The molecule has 2 aromatic heterocycles. The molecule has 1 atom stereocenters. The van der Waals surface area contributed by atoms with Crippen molar-refractivity contribution in [3.63, 3.8) is 0 Å². The van der Waals surface area contributed by atoms with Gasteiger partial charge >= 0.3 is 0 Å². The van der Waals surface area contributed by atoms with Crippen LogP contribution >= 0.6 is 22.7 Å². The van der Waals surface area contributed by atoms with Crippen LogP contribution in [0.3, 0.4) is 0 Å². The third-order valence-corrected chi connectivity index (χ3v) is 6.81. The number of thiazole rings is 1. The van der Waals surface area contributed by atoms with E-state index < -0.39 is 0 Å². The van der Waals surface area contributed by atoms with Gasteiger partial charge in [0.25, 0.3) is 0 Å². The third-order valence-electron chi connectivity index (χ3n) is 5.01. The minimum Gasteiger partial charge on any atom is -0.493 e. The van der Waals surface area contributed by atoms with E-state index in [-0.39, 0.29) is 0 Å². The normalized spacial score (nSPS) is 16.4. The summed E-state index contributed by atoms with van der Waals surface area (Å²) in [5.74, 6) is 1.45. The van der Waals surface area contributed by atoms with E-state index in [1.165, 1.54) is 4.88 Å². The number of nitrogens with zero attached hydrogens (tertiary/aromatic N) is 2. The number of ether oxygens (including phenoxy) is 3. The molecular weight excluding hydrogens is 404 g/mol. The highest BCUT2D eigenvalue weighted by Gasteiger charge is 2.21. The predicted octanol–water partition coefficient (Wildman–Crippen LogP) is 5.07. The van der Waals surface area contributed by atoms with E-state index in [1.807, 2.05) is 18.2 Å². The van der Waals surface area contributed by atoms with Gasteiger partial charge < -0.3 is 14.2 Å². The van der Waals surface area contributed by atoms with Gasteiger partial charge in [0.1, 0.15) is 5.01 Å². The molecule has 0 bridgehead atoms. The molecule has 1 aliphatic heterocycles. The second-order valence-corrected chi connectivity index (χ2v) is 8.99. The van der Waals surface area contributed by atoms with E-state index in [1.54, 1.807) is 36.9 Å². The lowest BCUT2D eigenvalue weighted by atomic mass is 10.2. The Kier molecular flexibility index (Phi) is 6.82. The molecule has 1 aliphatic rings. The maximum absolute atomic E-state index is 5.88. The number of hydrogen-bond acceptors (Lipinski definition) is 7. The van der Waals surface area contributed by atoms with Gasteiger partial charge in [-0.05, 0) is 42.5 Å². The second-order valence-electron chi connectivity index (χ2n) is 7.10. The fourth-order valence-electron chi connectivity index (χ4n) is 3.59. The first-order chi connectivity index (χ1) is 14.2. The van der Waals surface area contributed by atoms with Gasteiger partial charge in [-0.25, -0.2) is 4.98 Å². The van der Waals surface area contributed by atoms with E-state index >= 15 is 0 Å². The summed E-state index contributed by atoms with van der Waals surface area (Å²) in [5, 5.41) is 5.29. The Balaban J connectivity index is 1.49. The third kappa shape index (κ3) is 5.17. The number of aromatic nitrogens is 1. The first-order valence-electron chi connectivity index (χ1n) is 9.78. The second kappa shape index (κ2) is 9.71. The average Bonchev–Trinajstić information content (AvgIpc) is 3.51. The Morgan fingerprint density at radius 3 is 2.76 bits per heavy atom. The molecule has 5 nitrogen and oxygen atoms in total. The largest absolute Gasteiger partial charge is 0.493 e. The molecule has 1 saturated heterocycles. The van der Waals surface area contributed by atoms with Gasteiger partial charge in [0.15, 0.2) is 11.5 Å². The van der Waals surface area contributed by atoms with Crippen molar-refractivity contribution in [2.75, 3.05) is 27.4 Å². The number of methoxy groups -OCH3 is 2. The Morgan fingerprint density at radius 2 is 2.03 bits per heavy atom. The van der Waals surface area contributed by atoms with Crippen molar-refractivity contribution in [1.82, 2.24) is 9.88 Å². The molecule has 0 radical (unpaired) electrons. The van der Waals surface area contributed by atoms with Crippen molar-refractivity contribution < 1.29 is 14.2 Å². The van der Waals surface area contributed by atoms with Gasteiger partial charge in [-0.2, -0.15) is 0 Å². The van der Waals surface area contributed by atoms with E-state index in [4.69, 9.17) is 19.2 Å². The fourth-order valence-corrected chi connectivity index (χ4v) is 5.15. The van der Waals surface area contributed by atoms with Gasteiger partial charge in [-0.3, -0.25) is 4.90 Å². The van der Waals surface area contributed by atoms with Crippen LogP contribution in [-0.2, 0) is 17.8 Å². The van der Waals surface area contributed by atoms with Gasteiger partial charge in [0.05, 0.1) is 26.0 Å². The highest BCUT2D eigenvalue weighted by Crippen LogP contribution is 2.33. The molecule has 0 N–H and O–H groups in total. The van der Waals surface area contributed by atoms with Gasteiger partial charge in [-0.15, -0.1) is 22.7 Å². The van der Waals surface area contributed by atoms with Crippen LogP contribution in [0.15, 0.2) is 41.1 Å². The lowest BCUT2D eigenvalue weighted by molar-refractivity contribution is 0.0679. The Morgan fingerprint density at radius 1 is 1.14 bits per heavy atom. The lowest BCUT2D eigenvalue weighted by Crippen LogP contribution is -2.31. The first kappa shape index (κ1) is 20.3. The van der Waals surface area contributed by atoms with Crippen LogP contribution in [0.1, 0.15) is 23.4 Å². The molecule has 7 heteroatoms. The fraction of sp³-hybridized carbons (Fsp3) is 0.409. The summed E-state index contributed by atoms with van der Waals surface area (Å²) in [6.07, 6.45) is 2.64. The van der Waals surface area contributed by atoms with E-state index in [2.05, 4.69) is 27.8 Å². The summed E-state index contributed by atoms with van der Waals surface area (Å²) in [6, 6.07) is 10.2. The van der Waals surface area contributed by atoms with Crippen molar-refractivity contribution in [2.45, 2.75) is 32.0 Å². The van der Waals surface area contributed by atoms with Crippen molar-refractivity contribution in [1.29, 1.82) is 0 Å². The number of hydrogen-bond donors (Lipinski definition) is 0. The highest BCUT2D eigenvalue weighted by atomic mass is 32.1. The minimum absolute atomic E-state index is 0.332. The molecule has 0 saturated carbocycles. The molecule has 0 spiro atoms. The van der Waals surface area contributed by atoms with Crippen LogP contribution < -0.4 is 9.47 Å². The molecule has 3 aromatic rings.